The van der Waals surface area contributed by atoms with E-state index >= 15 is 0 Å². The molecule has 1 atom stereocenters. The fraction of sp³-hybridized carbons (Fsp3) is 0.318. The van der Waals surface area contributed by atoms with Crippen LogP contribution in [0.4, 0.5) is 0 Å². The molecule has 0 saturated carbocycles. The Morgan fingerprint density at radius 2 is 1.79 bits per heavy atom. The van der Waals surface area contributed by atoms with Gasteiger partial charge in [0.05, 0.1) is 6.04 Å². The number of nitrogens with zero attached hydrogens (tertiary/aromatic N) is 2. The molecule has 0 aliphatic heterocycles. The number of hydrogen-bond acceptors (Lipinski definition) is 5. The maximum atomic E-state index is 12.8. The Labute approximate surface area is 164 Å². The van der Waals surface area contributed by atoms with E-state index < -0.39 is 0 Å². The summed E-state index contributed by atoms with van der Waals surface area (Å²) < 4.78 is 10.5. The number of aromatic nitrogens is 2. The zero-order chi connectivity index (χ0) is 20.1. The molecule has 146 valence electrons. The van der Waals surface area contributed by atoms with Crippen LogP contribution in [0.2, 0.25) is 0 Å². The van der Waals surface area contributed by atoms with Crippen LogP contribution in [0.1, 0.15) is 54.4 Å². The van der Waals surface area contributed by atoms with E-state index in [4.69, 9.17) is 9.26 Å². The number of nitrogens with one attached hydrogen (secondary N) is 1. The van der Waals surface area contributed by atoms with Crippen LogP contribution in [0, 0.1) is 12.3 Å². The molecule has 1 aromatic heterocycles. The molecule has 0 spiro atoms. The number of benzene rings is 2. The normalized spacial score (nSPS) is 12.4. The van der Waals surface area contributed by atoms with Gasteiger partial charge in [0.1, 0.15) is 5.75 Å². The van der Waals surface area contributed by atoms with E-state index in [9.17, 15) is 4.79 Å². The van der Waals surface area contributed by atoms with Crippen LogP contribution in [0.5, 0.6) is 5.75 Å². The van der Waals surface area contributed by atoms with E-state index in [1.165, 1.54) is 0 Å². The lowest BCUT2D eigenvalue weighted by Gasteiger charge is -2.32. The van der Waals surface area contributed by atoms with Crippen LogP contribution in [0.25, 0.3) is 0 Å². The van der Waals surface area contributed by atoms with Gasteiger partial charge in [-0.05, 0) is 35.2 Å². The fourth-order valence-electron chi connectivity index (χ4n) is 2.91. The first-order valence-electron chi connectivity index (χ1n) is 9.21. The zero-order valence-corrected chi connectivity index (χ0v) is 16.6. The topological polar surface area (TPSA) is 77.2 Å². The molecule has 1 N–H and O–H groups in total. The summed E-state index contributed by atoms with van der Waals surface area (Å²) in [6.45, 7) is 8.28. The minimum absolute atomic E-state index is 0.0985. The Balaban J connectivity index is 1.66. The average molecular weight is 379 g/mol. The predicted octanol–water partition coefficient (Wildman–Crippen LogP) is 4.47. The number of amides is 1. The third-order valence-electron chi connectivity index (χ3n) is 4.33. The second kappa shape index (κ2) is 8.25. The summed E-state index contributed by atoms with van der Waals surface area (Å²) in [5.41, 5.74) is 1.54. The van der Waals surface area contributed by atoms with Gasteiger partial charge in [-0.15, -0.1) is 0 Å². The molecular formula is C22H25N3O3. The number of carbonyl (C=O) groups excluding carboxylic acids is 1. The molecule has 1 unspecified atom stereocenters. The maximum Gasteiger partial charge on any atom is 0.251 e. The van der Waals surface area contributed by atoms with E-state index in [2.05, 4.69) is 36.2 Å². The van der Waals surface area contributed by atoms with Gasteiger partial charge >= 0.3 is 0 Å². The Bertz CT molecular complexity index is 912. The quantitative estimate of drug-likeness (QED) is 0.683. The first-order chi connectivity index (χ1) is 13.3. The molecule has 3 aromatic rings. The standard InChI is InChI=1S/C22H25N3O3/c1-15-23-19(25-28-15)14-27-18-12-10-17(11-13-18)21(26)24-20(22(2,3)4)16-8-6-5-7-9-16/h5-13,20H,14H2,1-4H3,(H,24,26). The van der Waals surface area contributed by atoms with Crippen LogP contribution < -0.4 is 10.1 Å². The molecule has 2 aromatic carbocycles. The van der Waals surface area contributed by atoms with Gasteiger partial charge in [-0.3, -0.25) is 4.79 Å². The second-order valence-corrected chi connectivity index (χ2v) is 7.73. The van der Waals surface area contributed by atoms with Crippen molar-refractivity contribution in [1.82, 2.24) is 15.5 Å². The number of aryl methyl sites for hydroxylation is 1. The summed E-state index contributed by atoms with van der Waals surface area (Å²) in [5.74, 6) is 1.49. The summed E-state index contributed by atoms with van der Waals surface area (Å²) in [4.78, 5) is 16.9. The highest BCUT2D eigenvalue weighted by molar-refractivity contribution is 5.94. The lowest BCUT2D eigenvalue weighted by molar-refractivity contribution is 0.0901. The van der Waals surface area contributed by atoms with Crippen LogP contribution in [0.15, 0.2) is 59.1 Å². The van der Waals surface area contributed by atoms with Crippen molar-refractivity contribution in [3.05, 3.63) is 77.4 Å². The molecule has 6 heteroatoms. The molecule has 0 aliphatic carbocycles. The molecule has 1 heterocycles. The summed E-state index contributed by atoms with van der Waals surface area (Å²) >= 11 is 0. The van der Waals surface area contributed by atoms with E-state index in [0.717, 1.165) is 5.56 Å². The Morgan fingerprint density at radius 1 is 1.11 bits per heavy atom. The monoisotopic (exact) mass is 379 g/mol. The fourth-order valence-corrected chi connectivity index (χ4v) is 2.91. The summed E-state index contributed by atoms with van der Waals surface area (Å²) in [6.07, 6.45) is 0. The zero-order valence-electron chi connectivity index (χ0n) is 16.6. The van der Waals surface area contributed by atoms with E-state index in [1.807, 2.05) is 30.3 Å². The van der Waals surface area contributed by atoms with Crippen LogP contribution in [-0.2, 0) is 6.61 Å². The van der Waals surface area contributed by atoms with E-state index in [0.29, 0.717) is 23.0 Å². The van der Waals surface area contributed by atoms with Crippen molar-refractivity contribution in [3.63, 3.8) is 0 Å². The molecule has 1 amide bonds. The highest BCUT2D eigenvalue weighted by Gasteiger charge is 2.28. The Kier molecular flexibility index (Phi) is 5.78. The first kappa shape index (κ1) is 19.6. The van der Waals surface area contributed by atoms with Crippen LogP contribution >= 0.6 is 0 Å². The number of hydrogen-bond donors (Lipinski definition) is 1. The number of carbonyl (C=O) groups is 1. The van der Waals surface area contributed by atoms with Crippen molar-refractivity contribution in [2.75, 3.05) is 0 Å². The van der Waals surface area contributed by atoms with Crippen molar-refractivity contribution in [3.8, 4) is 5.75 Å². The second-order valence-electron chi connectivity index (χ2n) is 7.73. The lowest BCUT2D eigenvalue weighted by atomic mass is 9.82. The highest BCUT2D eigenvalue weighted by atomic mass is 16.5. The van der Waals surface area contributed by atoms with Crippen LogP contribution in [-0.4, -0.2) is 16.0 Å². The third kappa shape index (κ3) is 4.97. The molecule has 0 saturated heterocycles. The van der Waals surface area contributed by atoms with Crippen molar-refractivity contribution in [2.24, 2.45) is 5.41 Å². The maximum absolute atomic E-state index is 12.8. The van der Waals surface area contributed by atoms with Gasteiger partial charge in [0.2, 0.25) is 11.7 Å². The molecule has 0 bridgehead atoms. The van der Waals surface area contributed by atoms with Gasteiger partial charge in [-0.25, -0.2) is 0 Å². The summed E-state index contributed by atoms with van der Waals surface area (Å²) in [7, 11) is 0. The van der Waals surface area contributed by atoms with Gasteiger partial charge < -0.3 is 14.6 Å². The van der Waals surface area contributed by atoms with E-state index in [-0.39, 0.29) is 24.0 Å². The smallest absolute Gasteiger partial charge is 0.251 e. The van der Waals surface area contributed by atoms with Gasteiger partial charge in [0.25, 0.3) is 5.91 Å². The minimum atomic E-state index is -0.122. The molecular weight excluding hydrogens is 354 g/mol. The summed E-state index contributed by atoms with van der Waals surface area (Å²) in [6, 6.07) is 16.9. The number of ether oxygens (including phenoxy) is 1. The molecule has 0 aliphatic rings. The Morgan fingerprint density at radius 3 is 2.36 bits per heavy atom. The predicted molar refractivity (Wildman–Crippen MR) is 106 cm³/mol. The number of rotatable bonds is 6. The largest absolute Gasteiger partial charge is 0.485 e. The van der Waals surface area contributed by atoms with Crippen molar-refractivity contribution < 1.29 is 14.1 Å². The van der Waals surface area contributed by atoms with Crippen molar-refractivity contribution in [1.29, 1.82) is 0 Å². The van der Waals surface area contributed by atoms with Gasteiger partial charge in [-0.2, -0.15) is 4.98 Å². The molecule has 6 nitrogen and oxygen atoms in total. The van der Waals surface area contributed by atoms with E-state index in [1.54, 1.807) is 31.2 Å². The van der Waals surface area contributed by atoms with Gasteiger partial charge in [0.15, 0.2) is 6.61 Å². The molecule has 0 radical (unpaired) electrons. The third-order valence-corrected chi connectivity index (χ3v) is 4.33. The molecule has 3 rings (SSSR count). The molecule has 0 fully saturated rings. The molecule has 28 heavy (non-hydrogen) atoms. The highest BCUT2D eigenvalue weighted by Crippen LogP contribution is 2.33. The van der Waals surface area contributed by atoms with Crippen LogP contribution in [0.3, 0.4) is 0 Å². The average Bonchev–Trinajstić information content (AvgIpc) is 3.09. The van der Waals surface area contributed by atoms with Gasteiger partial charge in [0, 0.05) is 12.5 Å². The van der Waals surface area contributed by atoms with Gasteiger partial charge in [-0.1, -0.05) is 56.3 Å². The minimum Gasteiger partial charge on any atom is -0.485 e. The van der Waals surface area contributed by atoms with Crippen molar-refractivity contribution in [2.45, 2.75) is 40.3 Å². The first-order valence-corrected chi connectivity index (χ1v) is 9.21. The summed E-state index contributed by atoms with van der Waals surface area (Å²) in [5, 5.41) is 6.94. The SMILES string of the molecule is Cc1nc(COc2ccc(C(=O)NC(c3ccccc3)C(C)(C)C)cc2)no1. The van der Waals surface area contributed by atoms with Crippen molar-refractivity contribution >= 4 is 5.91 Å². The lowest BCUT2D eigenvalue weighted by Crippen LogP contribution is -2.36. The Hall–Kier alpha value is -3.15.